The monoisotopic (exact) mass is 214 g/mol. The summed E-state index contributed by atoms with van der Waals surface area (Å²) in [4.78, 5) is 23.4. The zero-order chi connectivity index (χ0) is 11.3. The average molecular weight is 214 g/mol. The maximum Gasteiger partial charge on any atom is 0.374 e. The Morgan fingerprint density at radius 3 is 2.33 bits per heavy atom. The number of hydrogen-bond donors (Lipinski definition) is 2. The molecule has 4 amide bonds. The van der Waals surface area contributed by atoms with E-state index in [1.165, 1.54) is 0 Å². The van der Waals surface area contributed by atoms with Crippen molar-refractivity contribution in [1.82, 2.24) is 15.3 Å². The summed E-state index contributed by atoms with van der Waals surface area (Å²) in [6, 6.07) is -1.66. The molecule has 1 rings (SSSR count). The topological polar surface area (TPSA) is 103 Å². The van der Waals surface area contributed by atoms with E-state index in [9.17, 15) is 9.59 Å². The molecule has 0 aromatic heterocycles. The summed E-state index contributed by atoms with van der Waals surface area (Å²) in [7, 11) is 2.01. The van der Waals surface area contributed by atoms with Gasteiger partial charge in [0.1, 0.15) is 0 Å². The summed E-state index contributed by atoms with van der Waals surface area (Å²) in [6.07, 6.45) is 0. The quantitative estimate of drug-likeness (QED) is 0.568. The highest BCUT2D eigenvalue weighted by Gasteiger charge is 2.15. The number of nitrogens with two attached hydrogens (primary N) is 1. The molecule has 0 unspecified atom stereocenters. The van der Waals surface area contributed by atoms with Gasteiger partial charge in [-0.25, -0.2) is 14.6 Å². The highest BCUT2D eigenvalue weighted by atomic mass is 16.2. The molecule has 0 aromatic carbocycles. The molecule has 1 fully saturated rings. The van der Waals surface area contributed by atoms with Gasteiger partial charge in [-0.05, 0) is 7.05 Å². The summed E-state index contributed by atoms with van der Waals surface area (Å²) in [6.45, 7) is 3.17. The number of nitrogens with one attached hydrogen (secondary N) is 1. The summed E-state index contributed by atoms with van der Waals surface area (Å²) >= 11 is 0. The fourth-order valence-electron chi connectivity index (χ4n) is 1.17. The molecule has 1 aliphatic rings. The van der Waals surface area contributed by atoms with Crippen molar-refractivity contribution in [2.24, 2.45) is 16.0 Å². The van der Waals surface area contributed by atoms with E-state index in [-0.39, 0.29) is 0 Å². The van der Waals surface area contributed by atoms with Crippen molar-refractivity contribution < 1.29 is 9.59 Å². The Kier molecular flexibility index (Phi) is 4.13. The van der Waals surface area contributed by atoms with Gasteiger partial charge in [-0.2, -0.15) is 0 Å². The van der Waals surface area contributed by atoms with Crippen LogP contribution in [0.3, 0.4) is 0 Å². The predicted molar refractivity (Wildman–Crippen MR) is 52.0 cm³/mol. The van der Waals surface area contributed by atoms with Crippen molar-refractivity contribution in [3.8, 4) is 0 Å². The highest BCUT2D eigenvalue weighted by Crippen LogP contribution is 1.95. The average Bonchev–Trinajstić information content (AvgIpc) is 2.19. The number of piperazine rings is 1. The van der Waals surface area contributed by atoms with Crippen molar-refractivity contribution in [3.63, 3.8) is 0 Å². The third kappa shape index (κ3) is 4.47. The second-order valence-electron chi connectivity index (χ2n) is 3.25. The number of amides is 4. The van der Waals surface area contributed by atoms with E-state index in [4.69, 9.17) is 5.73 Å². The molecule has 0 aliphatic carbocycles. The van der Waals surface area contributed by atoms with Gasteiger partial charge in [0.25, 0.3) is 0 Å². The van der Waals surface area contributed by atoms with E-state index in [0.717, 1.165) is 13.1 Å². The van der Waals surface area contributed by atoms with Crippen LogP contribution in [-0.2, 0) is 0 Å². The van der Waals surface area contributed by atoms with Gasteiger partial charge in [-0.1, -0.05) is 10.2 Å². The molecule has 0 spiro atoms. The van der Waals surface area contributed by atoms with Crippen molar-refractivity contribution in [1.29, 1.82) is 0 Å². The number of urea groups is 2. The largest absolute Gasteiger partial charge is 0.374 e. The van der Waals surface area contributed by atoms with Gasteiger partial charge in [0.2, 0.25) is 0 Å². The van der Waals surface area contributed by atoms with E-state index < -0.39 is 12.1 Å². The fraction of sp³-hybridized carbons (Fsp3) is 0.714. The number of likely N-dealkylation sites (N-methyl/N-ethyl adjacent to an activating group) is 1. The van der Waals surface area contributed by atoms with Gasteiger partial charge < -0.3 is 10.6 Å². The first-order chi connectivity index (χ1) is 7.08. The predicted octanol–water partition coefficient (Wildman–Crippen LogP) is -0.611. The number of carbonyl (C=O) groups is 2. The maximum absolute atomic E-state index is 11.1. The molecular weight excluding hydrogens is 200 g/mol. The van der Waals surface area contributed by atoms with Crippen molar-refractivity contribution >= 4 is 12.1 Å². The van der Waals surface area contributed by atoms with E-state index in [2.05, 4.69) is 20.6 Å². The molecule has 1 heterocycles. The Hall–Kier alpha value is -1.54. The number of primary amides is 1. The van der Waals surface area contributed by atoms with Gasteiger partial charge in [0, 0.05) is 26.2 Å². The van der Waals surface area contributed by atoms with Gasteiger partial charge in [0.05, 0.1) is 0 Å². The zero-order valence-electron chi connectivity index (χ0n) is 8.51. The highest BCUT2D eigenvalue weighted by molar-refractivity contribution is 5.78. The van der Waals surface area contributed by atoms with Gasteiger partial charge in [-0.15, -0.1) is 0 Å². The number of nitrogens with zero attached hydrogens (tertiary/aromatic N) is 4. The maximum atomic E-state index is 11.1. The van der Waals surface area contributed by atoms with Crippen LogP contribution in [0.15, 0.2) is 10.2 Å². The van der Waals surface area contributed by atoms with Crippen molar-refractivity contribution in [2.45, 2.75) is 0 Å². The van der Waals surface area contributed by atoms with E-state index in [1.807, 2.05) is 7.05 Å². The summed E-state index contributed by atoms with van der Waals surface area (Å²) in [5, 5.41) is 7.73. The Balaban J connectivity index is 2.29. The molecule has 1 aliphatic heterocycles. The molecule has 0 atom stereocenters. The fourth-order valence-corrected chi connectivity index (χ4v) is 1.17. The van der Waals surface area contributed by atoms with Crippen molar-refractivity contribution in [2.75, 3.05) is 33.2 Å². The molecular formula is C7H14N6O2. The molecule has 0 aromatic rings. The third-order valence-electron chi connectivity index (χ3n) is 2.00. The lowest BCUT2D eigenvalue weighted by molar-refractivity contribution is 0.115. The Bertz CT molecular complexity index is 271. The number of hydrazine groups is 1. The summed E-state index contributed by atoms with van der Waals surface area (Å²) in [5.74, 6) is 0. The summed E-state index contributed by atoms with van der Waals surface area (Å²) in [5.41, 5.74) is 7.19. The summed E-state index contributed by atoms with van der Waals surface area (Å²) < 4.78 is 0. The molecule has 3 N–H and O–H groups in total. The van der Waals surface area contributed by atoms with Gasteiger partial charge in [0.15, 0.2) is 0 Å². The minimum atomic E-state index is -0.983. The van der Waals surface area contributed by atoms with E-state index >= 15 is 0 Å². The first kappa shape index (κ1) is 11.5. The van der Waals surface area contributed by atoms with Gasteiger partial charge in [-0.3, -0.25) is 5.43 Å². The molecule has 84 valence electrons. The van der Waals surface area contributed by atoms with Gasteiger partial charge >= 0.3 is 12.1 Å². The third-order valence-corrected chi connectivity index (χ3v) is 2.00. The molecule has 8 nitrogen and oxygen atoms in total. The van der Waals surface area contributed by atoms with E-state index in [1.54, 1.807) is 5.01 Å². The molecule has 0 radical (unpaired) electrons. The van der Waals surface area contributed by atoms with Crippen molar-refractivity contribution in [3.05, 3.63) is 0 Å². The van der Waals surface area contributed by atoms with Crippen LogP contribution in [0.5, 0.6) is 0 Å². The SMILES string of the molecule is CN1CCN(NC(=O)N=NC(N)=O)CC1. The van der Waals surface area contributed by atoms with Crippen LogP contribution in [0.1, 0.15) is 0 Å². The van der Waals surface area contributed by atoms with Crippen LogP contribution < -0.4 is 11.2 Å². The van der Waals surface area contributed by atoms with Crippen LogP contribution in [0.2, 0.25) is 0 Å². The number of azo groups is 1. The lowest BCUT2D eigenvalue weighted by atomic mass is 10.4. The Morgan fingerprint density at radius 2 is 1.80 bits per heavy atom. The molecule has 1 saturated heterocycles. The first-order valence-electron chi connectivity index (χ1n) is 4.53. The number of hydrogen-bond acceptors (Lipinski definition) is 4. The second-order valence-corrected chi connectivity index (χ2v) is 3.25. The smallest absolute Gasteiger partial charge is 0.348 e. The minimum absolute atomic E-state index is 0.682. The van der Waals surface area contributed by atoms with E-state index in [0.29, 0.717) is 13.1 Å². The Labute approximate surface area is 87.1 Å². The molecule has 8 heteroatoms. The lowest BCUT2D eigenvalue weighted by Crippen LogP contribution is -2.51. The Morgan fingerprint density at radius 1 is 1.20 bits per heavy atom. The number of carbonyl (C=O) groups excluding carboxylic acids is 2. The molecule has 0 saturated carbocycles. The van der Waals surface area contributed by atoms with Crippen LogP contribution in [0.4, 0.5) is 9.59 Å². The first-order valence-corrected chi connectivity index (χ1v) is 4.53. The standard InChI is InChI=1S/C7H14N6O2/c1-12-2-4-13(5-3-12)11-7(15)10-9-6(8)14/h2-5H2,1H3,(H2,8,14)(H,11,15). The molecule has 15 heavy (non-hydrogen) atoms. The van der Waals surface area contributed by atoms with Crippen LogP contribution in [0, 0.1) is 0 Å². The minimum Gasteiger partial charge on any atom is -0.348 e. The van der Waals surface area contributed by atoms with Crippen LogP contribution >= 0.6 is 0 Å². The molecule has 0 bridgehead atoms. The normalized spacial score (nSPS) is 19.3. The van der Waals surface area contributed by atoms with Crippen LogP contribution in [-0.4, -0.2) is 55.2 Å². The number of rotatable bonds is 1. The van der Waals surface area contributed by atoms with Crippen LogP contribution in [0.25, 0.3) is 0 Å². The second kappa shape index (κ2) is 5.37. The lowest BCUT2D eigenvalue weighted by Gasteiger charge is -2.31. The zero-order valence-corrected chi connectivity index (χ0v) is 8.51.